The highest BCUT2D eigenvalue weighted by Gasteiger charge is 2.11. The summed E-state index contributed by atoms with van der Waals surface area (Å²) < 4.78 is 0. The molecule has 0 saturated heterocycles. The molecule has 0 atom stereocenters. The van der Waals surface area contributed by atoms with Gasteiger partial charge in [-0.1, -0.05) is 13.3 Å². The van der Waals surface area contributed by atoms with Gasteiger partial charge in [0, 0.05) is 19.2 Å². The summed E-state index contributed by atoms with van der Waals surface area (Å²) in [5.41, 5.74) is 6.69. The van der Waals surface area contributed by atoms with E-state index in [4.69, 9.17) is 5.73 Å². The predicted octanol–water partition coefficient (Wildman–Crippen LogP) is 0.901. The van der Waals surface area contributed by atoms with Crippen LogP contribution in [0.4, 0.5) is 11.6 Å². The van der Waals surface area contributed by atoms with Crippen LogP contribution >= 0.6 is 0 Å². The van der Waals surface area contributed by atoms with E-state index in [9.17, 15) is 4.79 Å². The fourth-order valence-corrected chi connectivity index (χ4v) is 1.55. The minimum Gasteiger partial charge on any atom is -0.383 e. The maximum Gasteiger partial charge on any atom is 0.241 e. The number of amides is 1. The van der Waals surface area contributed by atoms with E-state index >= 15 is 0 Å². The Bertz CT molecular complexity index is 407. The Balaban J connectivity index is 2.72. The summed E-state index contributed by atoms with van der Waals surface area (Å²) in [6.07, 6.45) is 3.16. The lowest BCUT2D eigenvalue weighted by atomic mass is 10.1. The number of rotatable bonds is 6. The first-order valence-corrected chi connectivity index (χ1v) is 6.17. The zero-order chi connectivity index (χ0) is 13.5. The van der Waals surface area contributed by atoms with Crippen LogP contribution in [0, 0.1) is 0 Å². The minimum absolute atomic E-state index is 0.0251. The maximum atomic E-state index is 11.7. The third-order valence-electron chi connectivity index (χ3n) is 2.79. The van der Waals surface area contributed by atoms with Crippen LogP contribution in [-0.2, 0) is 11.2 Å². The van der Waals surface area contributed by atoms with Crippen LogP contribution in [0.15, 0.2) is 6.33 Å². The van der Waals surface area contributed by atoms with Crippen molar-refractivity contribution in [2.24, 2.45) is 0 Å². The third kappa shape index (κ3) is 3.58. The van der Waals surface area contributed by atoms with Crippen LogP contribution in [0.1, 0.15) is 25.8 Å². The van der Waals surface area contributed by atoms with Gasteiger partial charge in [0.1, 0.15) is 18.0 Å². The molecule has 0 aliphatic rings. The lowest BCUT2D eigenvalue weighted by molar-refractivity contribution is -0.127. The Labute approximate surface area is 108 Å². The molecule has 1 aromatic rings. The van der Waals surface area contributed by atoms with E-state index in [0.29, 0.717) is 18.2 Å². The highest BCUT2D eigenvalue weighted by molar-refractivity contribution is 5.80. The van der Waals surface area contributed by atoms with Crippen LogP contribution in [-0.4, -0.2) is 40.9 Å². The highest BCUT2D eigenvalue weighted by Crippen LogP contribution is 2.18. The van der Waals surface area contributed by atoms with Crippen molar-refractivity contribution in [3.05, 3.63) is 11.9 Å². The summed E-state index contributed by atoms with van der Waals surface area (Å²) in [5, 5.41) is 3.03. The molecule has 1 aromatic heterocycles. The van der Waals surface area contributed by atoms with E-state index in [0.717, 1.165) is 18.4 Å². The van der Waals surface area contributed by atoms with Gasteiger partial charge >= 0.3 is 0 Å². The Morgan fingerprint density at radius 1 is 1.44 bits per heavy atom. The van der Waals surface area contributed by atoms with Crippen molar-refractivity contribution in [2.45, 2.75) is 26.7 Å². The van der Waals surface area contributed by atoms with Gasteiger partial charge in [-0.25, -0.2) is 9.97 Å². The number of nitrogens with two attached hydrogens (primary N) is 1. The van der Waals surface area contributed by atoms with Gasteiger partial charge in [0.05, 0.1) is 6.54 Å². The van der Waals surface area contributed by atoms with Crippen molar-refractivity contribution in [3.8, 4) is 0 Å². The Kier molecular flexibility index (Phi) is 5.35. The third-order valence-corrected chi connectivity index (χ3v) is 2.79. The van der Waals surface area contributed by atoms with Crippen molar-refractivity contribution in [1.29, 1.82) is 0 Å². The lowest BCUT2D eigenvalue weighted by Crippen LogP contribution is -2.32. The zero-order valence-corrected chi connectivity index (χ0v) is 11.2. The second-order valence-corrected chi connectivity index (χ2v) is 4.10. The second-order valence-electron chi connectivity index (χ2n) is 4.10. The quantitative estimate of drug-likeness (QED) is 0.784. The first-order chi connectivity index (χ1) is 8.60. The molecule has 3 N–H and O–H groups in total. The Hall–Kier alpha value is -1.85. The van der Waals surface area contributed by atoms with Crippen LogP contribution in [0.5, 0.6) is 0 Å². The summed E-state index contributed by atoms with van der Waals surface area (Å²) >= 11 is 0. The fraction of sp³-hybridized carbons (Fsp3) is 0.583. The number of nitrogens with one attached hydrogen (secondary N) is 1. The highest BCUT2D eigenvalue weighted by atomic mass is 16.2. The lowest BCUT2D eigenvalue weighted by Gasteiger charge is -2.16. The number of hydrogen-bond donors (Lipinski definition) is 2. The average molecular weight is 251 g/mol. The number of nitrogens with zero attached hydrogens (tertiary/aromatic N) is 3. The molecule has 0 bridgehead atoms. The fourth-order valence-electron chi connectivity index (χ4n) is 1.55. The molecular weight excluding hydrogens is 230 g/mol. The molecular formula is C12H21N5O. The molecule has 0 aromatic carbocycles. The normalized spacial score (nSPS) is 10.2. The topological polar surface area (TPSA) is 84.1 Å². The summed E-state index contributed by atoms with van der Waals surface area (Å²) in [6.45, 7) is 4.90. The molecule has 1 amide bonds. The maximum absolute atomic E-state index is 11.7. The van der Waals surface area contributed by atoms with E-state index in [1.165, 1.54) is 6.33 Å². The van der Waals surface area contributed by atoms with Crippen molar-refractivity contribution >= 4 is 17.5 Å². The summed E-state index contributed by atoms with van der Waals surface area (Å²) in [4.78, 5) is 21.5. The number of hydrogen-bond acceptors (Lipinski definition) is 5. The van der Waals surface area contributed by atoms with Crippen LogP contribution in [0.3, 0.4) is 0 Å². The molecule has 0 spiro atoms. The van der Waals surface area contributed by atoms with Crippen molar-refractivity contribution in [1.82, 2.24) is 14.9 Å². The smallest absolute Gasteiger partial charge is 0.241 e. The van der Waals surface area contributed by atoms with E-state index in [-0.39, 0.29) is 12.5 Å². The van der Waals surface area contributed by atoms with Crippen LogP contribution < -0.4 is 11.1 Å². The molecule has 100 valence electrons. The van der Waals surface area contributed by atoms with Crippen molar-refractivity contribution in [2.75, 3.05) is 31.2 Å². The molecule has 0 aliphatic heterocycles. The summed E-state index contributed by atoms with van der Waals surface area (Å²) in [6, 6.07) is 0. The molecule has 18 heavy (non-hydrogen) atoms. The minimum atomic E-state index is 0.0251. The SMILES string of the molecule is CCCc1c(N)ncnc1NCC(=O)N(C)CC. The van der Waals surface area contributed by atoms with Gasteiger partial charge in [-0.05, 0) is 13.3 Å². The molecule has 0 radical (unpaired) electrons. The van der Waals surface area contributed by atoms with E-state index in [1.54, 1.807) is 11.9 Å². The van der Waals surface area contributed by atoms with E-state index in [1.807, 2.05) is 6.92 Å². The molecule has 6 nitrogen and oxygen atoms in total. The molecule has 0 unspecified atom stereocenters. The van der Waals surface area contributed by atoms with Crippen molar-refractivity contribution in [3.63, 3.8) is 0 Å². The predicted molar refractivity (Wildman–Crippen MR) is 72.2 cm³/mol. The number of carbonyl (C=O) groups excluding carboxylic acids is 1. The van der Waals surface area contributed by atoms with Gasteiger partial charge in [0.2, 0.25) is 5.91 Å². The van der Waals surface area contributed by atoms with Gasteiger partial charge in [0.15, 0.2) is 0 Å². The van der Waals surface area contributed by atoms with Gasteiger partial charge in [-0.15, -0.1) is 0 Å². The number of aromatic nitrogens is 2. The molecule has 0 aliphatic carbocycles. The zero-order valence-electron chi connectivity index (χ0n) is 11.2. The Morgan fingerprint density at radius 3 is 2.78 bits per heavy atom. The summed E-state index contributed by atoms with van der Waals surface area (Å²) in [7, 11) is 1.77. The van der Waals surface area contributed by atoms with Gasteiger partial charge in [0.25, 0.3) is 0 Å². The molecule has 0 saturated carbocycles. The number of anilines is 2. The van der Waals surface area contributed by atoms with Gasteiger partial charge in [-0.2, -0.15) is 0 Å². The number of likely N-dealkylation sites (N-methyl/N-ethyl adjacent to an activating group) is 1. The van der Waals surface area contributed by atoms with Crippen molar-refractivity contribution < 1.29 is 4.79 Å². The first kappa shape index (κ1) is 14.2. The average Bonchev–Trinajstić information content (AvgIpc) is 2.38. The first-order valence-electron chi connectivity index (χ1n) is 6.17. The van der Waals surface area contributed by atoms with E-state index < -0.39 is 0 Å². The summed E-state index contributed by atoms with van der Waals surface area (Å²) in [5.74, 6) is 1.16. The van der Waals surface area contributed by atoms with Gasteiger partial charge < -0.3 is 16.0 Å². The monoisotopic (exact) mass is 251 g/mol. The number of nitrogen functional groups attached to an aromatic ring is 1. The largest absolute Gasteiger partial charge is 0.383 e. The molecule has 6 heteroatoms. The van der Waals surface area contributed by atoms with Crippen LogP contribution in [0.2, 0.25) is 0 Å². The molecule has 1 rings (SSSR count). The standard InChI is InChI=1S/C12H21N5O/c1-4-6-9-11(13)15-8-16-12(9)14-7-10(18)17(3)5-2/h8H,4-7H2,1-3H3,(H3,13,14,15,16). The molecule has 0 fully saturated rings. The number of carbonyl (C=O) groups is 1. The van der Waals surface area contributed by atoms with Gasteiger partial charge in [-0.3, -0.25) is 4.79 Å². The second kappa shape index (κ2) is 6.78. The molecule has 1 heterocycles. The van der Waals surface area contributed by atoms with E-state index in [2.05, 4.69) is 22.2 Å². The Morgan fingerprint density at radius 2 is 2.17 bits per heavy atom. The van der Waals surface area contributed by atoms with Crippen LogP contribution in [0.25, 0.3) is 0 Å².